The Bertz CT molecular complexity index is 709. The normalized spacial score (nSPS) is 21.5. The van der Waals surface area contributed by atoms with E-state index in [-0.39, 0.29) is 17.6 Å². The van der Waals surface area contributed by atoms with Gasteiger partial charge in [0.25, 0.3) is 0 Å². The molecular formula is C18H26N2O3S. The molecule has 0 atom stereocenters. The van der Waals surface area contributed by atoms with Gasteiger partial charge in [-0.25, -0.2) is 8.42 Å². The van der Waals surface area contributed by atoms with Crippen LogP contribution in [-0.4, -0.2) is 26.6 Å². The Hall–Kier alpha value is -1.56. The first-order chi connectivity index (χ1) is 11.5. The first kappa shape index (κ1) is 17.3. The zero-order valence-corrected chi connectivity index (χ0v) is 15.1. The number of hydrogen-bond donors (Lipinski definition) is 1. The van der Waals surface area contributed by atoms with Gasteiger partial charge < -0.3 is 5.32 Å². The predicted molar refractivity (Wildman–Crippen MR) is 96.8 cm³/mol. The van der Waals surface area contributed by atoms with Crippen LogP contribution in [0.2, 0.25) is 0 Å². The fourth-order valence-corrected chi connectivity index (χ4v) is 5.32. The molecule has 0 spiro atoms. The van der Waals surface area contributed by atoms with Crippen molar-refractivity contribution < 1.29 is 13.2 Å². The molecule has 1 aromatic rings. The fraction of sp³-hybridized carbons (Fsp3) is 0.611. The van der Waals surface area contributed by atoms with E-state index < -0.39 is 10.0 Å². The van der Waals surface area contributed by atoms with E-state index in [1.807, 2.05) is 19.1 Å². The molecule has 24 heavy (non-hydrogen) atoms. The molecule has 1 amide bonds. The number of nitrogens with one attached hydrogen (secondary N) is 1. The minimum atomic E-state index is -3.24. The summed E-state index contributed by atoms with van der Waals surface area (Å²) in [6.07, 6.45) is 6.93. The standard InChI is InChI=1S/C18H26N2O3S/c1-14-9-10-16(19-18(21)15-7-3-2-4-8-15)13-17(14)20-11-5-6-12-24(20,22)23/h9-10,13,15H,2-8,11-12H2,1H3,(H,19,21). The summed E-state index contributed by atoms with van der Waals surface area (Å²) < 4.78 is 26.2. The first-order valence-corrected chi connectivity index (χ1v) is 10.5. The molecule has 2 fully saturated rings. The van der Waals surface area contributed by atoms with Crippen molar-refractivity contribution >= 4 is 27.3 Å². The van der Waals surface area contributed by atoms with Crippen molar-refractivity contribution in [2.45, 2.75) is 51.9 Å². The summed E-state index contributed by atoms with van der Waals surface area (Å²) in [4.78, 5) is 12.4. The van der Waals surface area contributed by atoms with E-state index in [9.17, 15) is 13.2 Å². The van der Waals surface area contributed by atoms with Crippen molar-refractivity contribution in [1.82, 2.24) is 0 Å². The van der Waals surface area contributed by atoms with Gasteiger partial charge >= 0.3 is 0 Å². The number of carbonyl (C=O) groups is 1. The van der Waals surface area contributed by atoms with Gasteiger partial charge in [-0.1, -0.05) is 25.3 Å². The lowest BCUT2D eigenvalue weighted by Gasteiger charge is -2.30. The summed E-state index contributed by atoms with van der Waals surface area (Å²) in [5.74, 6) is 0.346. The molecule has 1 aliphatic heterocycles. The van der Waals surface area contributed by atoms with Gasteiger partial charge in [-0.15, -0.1) is 0 Å². The van der Waals surface area contributed by atoms with Crippen LogP contribution in [0.1, 0.15) is 50.5 Å². The molecule has 3 rings (SSSR count). The van der Waals surface area contributed by atoms with Gasteiger partial charge in [0.1, 0.15) is 0 Å². The maximum Gasteiger partial charge on any atom is 0.235 e. The van der Waals surface area contributed by atoms with Crippen LogP contribution in [0.3, 0.4) is 0 Å². The van der Waals surface area contributed by atoms with Crippen molar-refractivity contribution in [3.05, 3.63) is 23.8 Å². The SMILES string of the molecule is Cc1ccc(NC(=O)C2CCCCC2)cc1N1CCCCS1(=O)=O. The largest absolute Gasteiger partial charge is 0.326 e. The highest BCUT2D eigenvalue weighted by Gasteiger charge is 2.27. The van der Waals surface area contributed by atoms with E-state index in [1.165, 1.54) is 10.7 Å². The average Bonchev–Trinajstić information content (AvgIpc) is 2.57. The molecule has 1 heterocycles. The van der Waals surface area contributed by atoms with Crippen LogP contribution in [0.15, 0.2) is 18.2 Å². The lowest BCUT2D eigenvalue weighted by Crippen LogP contribution is -2.38. The number of hydrogen-bond acceptors (Lipinski definition) is 3. The smallest absolute Gasteiger partial charge is 0.235 e. The molecule has 5 nitrogen and oxygen atoms in total. The maximum absolute atomic E-state index is 12.4. The number of rotatable bonds is 3. The van der Waals surface area contributed by atoms with E-state index in [0.717, 1.165) is 44.1 Å². The molecule has 0 bridgehead atoms. The minimum absolute atomic E-state index is 0.0611. The summed E-state index contributed by atoms with van der Waals surface area (Å²) in [6, 6.07) is 5.55. The molecule has 6 heteroatoms. The summed E-state index contributed by atoms with van der Waals surface area (Å²) in [6.45, 7) is 2.43. The van der Waals surface area contributed by atoms with E-state index in [0.29, 0.717) is 17.9 Å². The molecule has 1 saturated heterocycles. The van der Waals surface area contributed by atoms with Crippen LogP contribution < -0.4 is 9.62 Å². The number of anilines is 2. The Morgan fingerprint density at radius 2 is 1.88 bits per heavy atom. The third-order valence-corrected chi connectivity index (χ3v) is 6.93. The molecule has 0 aromatic heterocycles. The van der Waals surface area contributed by atoms with Crippen LogP contribution in [0.25, 0.3) is 0 Å². The Kier molecular flexibility index (Phi) is 5.13. The molecule has 0 unspecified atom stereocenters. The molecule has 1 aromatic carbocycles. The molecule has 2 aliphatic rings. The van der Waals surface area contributed by atoms with Gasteiger partial charge in [-0.3, -0.25) is 9.10 Å². The predicted octanol–water partition coefficient (Wildman–Crippen LogP) is 3.44. The van der Waals surface area contributed by atoms with Crippen molar-refractivity contribution in [3.8, 4) is 0 Å². The van der Waals surface area contributed by atoms with Gasteiger partial charge in [-0.2, -0.15) is 0 Å². The van der Waals surface area contributed by atoms with Gasteiger partial charge in [0.2, 0.25) is 15.9 Å². The highest BCUT2D eigenvalue weighted by Crippen LogP contribution is 2.30. The quantitative estimate of drug-likeness (QED) is 0.908. The molecule has 1 aliphatic carbocycles. The van der Waals surface area contributed by atoms with Gasteiger partial charge in [0.05, 0.1) is 11.4 Å². The third kappa shape index (κ3) is 3.74. The van der Waals surface area contributed by atoms with Crippen molar-refractivity contribution in [2.75, 3.05) is 21.9 Å². The van der Waals surface area contributed by atoms with Crippen LogP contribution in [0, 0.1) is 12.8 Å². The Balaban J connectivity index is 1.79. The highest BCUT2D eigenvalue weighted by molar-refractivity contribution is 7.92. The second-order valence-electron chi connectivity index (χ2n) is 6.92. The van der Waals surface area contributed by atoms with E-state index >= 15 is 0 Å². The van der Waals surface area contributed by atoms with Crippen molar-refractivity contribution in [1.29, 1.82) is 0 Å². The first-order valence-electron chi connectivity index (χ1n) is 8.89. The number of aryl methyl sites for hydroxylation is 1. The van der Waals surface area contributed by atoms with Gasteiger partial charge in [-0.05, 0) is 50.3 Å². The van der Waals surface area contributed by atoms with Crippen LogP contribution >= 0.6 is 0 Å². The number of amides is 1. The maximum atomic E-state index is 12.4. The number of sulfonamides is 1. The molecule has 0 radical (unpaired) electrons. The molecule has 1 N–H and O–H groups in total. The Labute approximate surface area is 144 Å². The average molecular weight is 350 g/mol. The van der Waals surface area contributed by atoms with Crippen molar-refractivity contribution in [2.24, 2.45) is 5.92 Å². The summed E-state index contributed by atoms with van der Waals surface area (Å²) >= 11 is 0. The second-order valence-corrected chi connectivity index (χ2v) is 8.93. The zero-order chi connectivity index (χ0) is 17.2. The number of carbonyl (C=O) groups excluding carboxylic acids is 1. The zero-order valence-electron chi connectivity index (χ0n) is 14.3. The minimum Gasteiger partial charge on any atom is -0.326 e. The highest BCUT2D eigenvalue weighted by atomic mass is 32.2. The van der Waals surface area contributed by atoms with Gasteiger partial charge in [0.15, 0.2) is 0 Å². The summed E-state index contributed by atoms with van der Waals surface area (Å²) in [7, 11) is -3.24. The summed E-state index contributed by atoms with van der Waals surface area (Å²) in [5.41, 5.74) is 2.29. The molecular weight excluding hydrogens is 324 g/mol. The van der Waals surface area contributed by atoms with Crippen LogP contribution in [0.5, 0.6) is 0 Å². The number of benzene rings is 1. The van der Waals surface area contributed by atoms with Crippen LogP contribution in [-0.2, 0) is 14.8 Å². The summed E-state index contributed by atoms with van der Waals surface area (Å²) in [5, 5.41) is 2.99. The number of nitrogens with zero attached hydrogens (tertiary/aromatic N) is 1. The lowest BCUT2D eigenvalue weighted by molar-refractivity contribution is -0.120. The molecule has 1 saturated carbocycles. The van der Waals surface area contributed by atoms with Crippen LogP contribution in [0.4, 0.5) is 11.4 Å². The third-order valence-electron chi connectivity index (χ3n) is 5.07. The van der Waals surface area contributed by atoms with E-state index in [2.05, 4.69) is 5.32 Å². The topological polar surface area (TPSA) is 66.5 Å². The Morgan fingerprint density at radius 1 is 1.12 bits per heavy atom. The second kappa shape index (κ2) is 7.13. The molecule has 132 valence electrons. The van der Waals surface area contributed by atoms with Crippen molar-refractivity contribution in [3.63, 3.8) is 0 Å². The lowest BCUT2D eigenvalue weighted by atomic mass is 9.88. The monoisotopic (exact) mass is 350 g/mol. The van der Waals surface area contributed by atoms with Gasteiger partial charge in [0, 0.05) is 18.2 Å². The fourth-order valence-electron chi connectivity index (χ4n) is 3.62. The van der Waals surface area contributed by atoms with E-state index in [1.54, 1.807) is 6.07 Å². The van der Waals surface area contributed by atoms with E-state index in [4.69, 9.17) is 0 Å². The Morgan fingerprint density at radius 3 is 2.58 bits per heavy atom.